The Kier molecular flexibility index (Phi) is 4.35. The Hall–Kier alpha value is -2.24. The third-order valence-corrected chi connectivity index (χ3v) is 3.63. The maximum Gasteiger partial charge on any atom is 0.305 e. The van der Waals surface area contributed by atoms with E-state index in [1.165, 1.54) is 0 Å². The van der Waals surface area contributed by atoms with E-state index >= 15 is 0 Å². The van der Waals surface area contributed by atoms with Crippen LogP contribution in [0, 0.1) is 0 Å². The van der Waals surface area contributed by atoms with Crippen molar-refractivity contribution < 1.29 is 19.4 Å². The number of benzene rings is 1. The van der Waals surface area contributed by atoms with E-state index in [0.717, 1.165) is 11.4 Å². The van der Waals surface area contributed by atoms with E-state index in [1.807, 2.05) is 30.0 Å². The Morgan fingerprint density at radius 2 is 2.19 bits per heavy atom. The molecule has 0 fully saturated rings. The van der Waals surface area contributed by atoms with Crippen molar-refractivity contribution in [3.8, 4) is 5.75 Å². The van der Waals surface area contributed by atoms with E-state index in [0.29, 0.717) is 18.8 Å². The summed E-state index contributed by atoms with van der Waals surface area (Å²) in [5.74, 6) is -0.244. The number of carboxylic acid groups (broad SMARTS) is 1. The number of nitrogens with zero attached hydrogens (tertiary/aromatic N) is 2. The van der Waals surface area contributed by atoms with Crippen molar-refractivity contribution in [2.24, 2.45) is 0 Å². The van der Waals surface area contributed by atoms with E-state index in [9.17, 15) is 9.59 Å². The van der Waals surface area contributed by atoms with E-state index in [-0.39, 0.29) is 12.3 Å². The van der Waals surface area contributed by atoms with E-state index < -0.39 is 12.1 Å². The van der Waals surface area contributed by atoms with Crippen LogP contribution in [0.5, 0.6) is 5.75 Å². The minimum Gasteiger partial charge on any atom is -0.481 e. The maximum absolute atomic E-state index is 11.9. The quantitative estimate of drug-likeness (QED) is 0.895. The molecule has 6 heteroatoms. The lowest BCUT2D eigenvalue weighted by Gasteiger charge is -2.32. The van der Waals surface area contributed by atoms with Gasteiger partial charge < -0.3 is 19.6 Å². The van der Waals surface area contributed by atoms with Crippen LogP contribution in [-0.4, -0.2) is 43.2 Å². The van der Waals surface area contributed by atoms with Crippen LogP contribution in [0.15, 0.2) is 18.2 Å². The van der Waals surface area contributed by atoms with Crippen molar-refractivity contribution in [1.82, 2.24) is 0 Å². The molecule has 1 aromatic rings. The number of carbonyl (C=O) groups is 2. The number of anilines is 2. The van der Waals surface area contributed by atoms with Gasteiger partial charge in [0, 0.05) is 31.9 Å². The van der Waals surface area contributed by atoms with Gasteiger partial charge in [-0.1, -0.05) is 0 Å². The molecule has 1 aromatic carbocycles. The van der Waals surface area contributed by atoms with Gasteiger partial charge in [0.2, 0.25) is 0 Å². The zero-order valence-corrected chi connectivity index (χ0v) is 12.5. The highest BCUT2D eigenvalue weighted by atomic mass is 16.5. The van der Waals surface area contributed by atoms with Gasteiger partial charge in [-0.05, 0) is 26.0 Å². The Labute approximate surface area is 123 Å². The van der Waals surface area contributed by atoms with Crippen LogP contribution in [0.1, 0.15) is 20.3 Å². The Morgan fingerprint density at radius 3 is 2.81 bits per heavy atom. The number of rotatable bonds is 5. The van der Waals surface area contributed by atoms with Crippen LogP contribution in [0.4, 0.5) is 11.4 Å². The first-order valence-corrected chi connectivity index (χ1v) is 6.99. The summed E-state index contributed by atoms with van der Waals surface area (Å²) in [5, 5.41) is 8.80. The van der Waals surface area contributed by atoms with Crippen molar-refractivity contribution in [3.05, 3.63) is 18.2 Å². The molecule has 1 heterocycles. The molecule has 21 heavy (non-hydrogen) atoms. The molecule has 6 nitrogen and oxygen atoms in total. The van der Waals surface area contributed by atoms with Gasteiger partial charge in [0.15, 0.2) is 6.10 Å². The smallest absolute Gasteiger partial charge is 0.305 e. The number of ether oxygens (including phenoxy) is 1. The van der Waals surface area contributed by atoms with Crippen LogP contribution in [0.3, 0.4) is 0 Å². The number of carbonyl (C=O) groups excluding carboxylic acids is 1. The van der Waals surface area contributed by atoms with Gasteiger partial charge in [0.25, 0.3) is 5.91 Å². The number of fused-ring (bicyclic) bond motifs is 1. The number of likely N-dealkylation sites (N-methyl/N-ethyl adjacent to an activating group) is 1. The predicted octanol–water partition coefficient (Wildman–Crippen LogP) is 1.73. The average Bonchev–Trinajstić information content (AvgIpc) is 2.45. The predicted molar refractivity (Wildman–Crippen MR) is 80.1 cm³/mol. The summed E-state index contributed by atoms with van der Waals surface area (Å²) in [6.45, 7) is 4.84. The summed E-state index contributed by atoms with van der Waals surface area (Å²) in [6.07, 6.45) is -0.424. The van der Waals surface area contributed by atoms with Crippen molar-refractivity contribution >= 4 is 23.3 Å². The highest BCUT2D eigenvalue weighted by molar-refractivity contribution is 5.99. The average molecular weight is 292 g/mol. The first kappa shape index (κ1) is 15.2. The Morgan fingerprint density at radius 1 is 1.48 bits per heavy atom. The lowest BCUT2D eigenvalue weighted by atomic mass is 10.1. The molecule has 0 saturated carbocycles. The molecule has 1 aliphatic rings. The van der Waals surface area contributed by atoms with Gasteiger partial charge in [-0.15, -0.1) is 0 Å². The number of amides is 1. The second-order valence-corrected chi connectivity index (χ2v) is 5.03. The van der Waals surface area contributed by atoms with Crippen LogP contribution in [-0.2, 0) is 9.59 Å². The monoisotopic (exact) mass is 292 g/mol. The summed E-state index contributed by atoms with van der Waals surface area (Å²) in [7, 11) is 1.72. The minimum absolute atomic E-state index is 0.0755. The molecule has 0 aromatic heterocycles. The highest BCUT2D eigenvalue weighted by Crippen LogP contribution is 2.36. The fourth-order valence-electron chi connectivity index (χ4n) is 2.40. The van der Waals surface area contributed by atoms with E-state index in [2.05, 4.69) is 0 Å². The van der Waals surface area contributed by atoms with Gasteiger partial charge in [-0.3, -0.25) is 9.59 Å². The molecular weight excluding hydrogens is 272 g/mol. The topological polar surface area (TPSA) is 70.1 Å². The lowest BCUT2D eigenvalue weighted by Crippen LogP contribution is -2.42. The molecule has 2 rings (SSSR count). The molecule has 0 radical (unpaired) electrons. The molecule has 0 saturated heterocycles. The molecule has 1 N–H and O–H groups in total. The van der Waals surface area contributed by atoms with Gasteiger partial charge in [0.05, 0.1) is 12.1 Å². The normalized spacial score (nSPS) is 17.2. The van der Waals surface area contributed by atoms with Gasteiger partial charge >= 0.3 is 5.97 Å². The lowest BCUT2D eigenvalue weighted by molar-refractivity contribution is -0.136. The molecule has 1 amide bonds. The third-order valence-electron chi connectivity index (χ3n) is 3.63. The zero-order chi connectivity index (χ0) is 15.6. The molecule has 0 aliphatic carbocycles. The van der Waals surface area contributed by atoms with E-state index in [4.69, 9.17) is 9.84 Å². The Balaban J connectivity index is 2.25. The first-order valence-electron chi connectivity index (χ1n) is 6.99. The standard InChI is InChI=1S/C15H20N2O4/c1-4-17(8-7-14(18)19)11-5-6-12-13(9-11)21-10(2)15(20)16(12)3/h5-6,9-10H,4,7-8H2,1-3H3,(H,18,19). The Bertz CT molecular complexity index is 559. The van der Waals surface area contributed by atoms with Crippen LogP contribution < -0.4 is 14.5 Å². The molecule has 114 valence electrons. The first-order chi connectivity index (χ1) is 9.93. The largest absolute Gasteiger partial charge is 0.481 e. The summed E-state index contributed by atoms with van der Waals surface area (Å²) in [6, 6.07) is 5.57. The number of hydrogen-bond donors (Lipinski definition) is 1. The molecule has 1 unspecified atom stereocenters. The van der Waals surface area contributed by atoms with Crippen molar-refractivity contribution in [2.45, 2.75) is 26.4 Å². The molecule has 1 aliphatic heterocycles. The van der Waals surface area contributed by atoms with Crippen LogP contribution >= 0.6 is 0 Å². The van der Waals surface area contributed by atoms with Gasteiger partial charge in [-0.2, -0.15) is 0 Å². The fourth-order valence-corrected chi connectivity index (χ4v) is 2.40. The van der Waals surface area contributed by atoms with Crippen LogP contribution in [0.25, 0.3) is 0 Å². The molecule has 0 spiro atoms. The minimum atomic E-state index is -0.818. The molecule has 1 atom stereocenters. The van der Waals surface area contributed by atoms with E-state index in [1.54, 1.807) is 18.9 Å². The second kappa shape index (κ2) is 6.03. The van der Waals surface area contributed by atoms with Crippen molar-refractivity contribution in [2.75, 3.05) is 29.9 Å². The SMILES string of the molecule is CCN(CCC(=O)O)c1ccc2c(c1)OC(C)C(=O)N2C. The van der Waals surface area contributed by atoms with Crippen molar-refractivity contribution in [3.63, 3.8) is 0 Å². The van der Waals surface area contributed by atoms with Crippen molar-refractivity contribution in [1.29, 1.82) is 0 Å². The van der Waals surface area contributed by atoms with Gasteiger partial charge in [0.1, 0.15) is 5.75 Å². The number of hydrogen-bond acceptors (Lipinski definition) is 4. The molecule has 0 bridgehead atoms. The van der Waals surface area contributed by atoms with Crippen LogP contribution in [0.2, 0.25) is 0 Å². The summed E-state index contributed by atoms with van der Waals surface area (Å²) in [4.78, 5) is 26.1. The maximum atomic E-state index is 11.9. The number of carboxylic acids is 1. The summed E-state index contributed by atoms with van der Waals surface area (Å²) >= 11 is 0. The van der Waals surface area contributed by atoms with Gasteiger partial charge in [-0.25, -0.2) is 0 Å². The molecular formula is C15H20N2O4. The zero-order valence-electron chi connectivity index (χ0n) is 12.5. The fraction of sp³-hybridized carbons (Fsp3) is 0.467. The highest BCUT2D eigenvalue weighted by Gasteiger charge is 2.29. The summed E-state index contributed by atoms with van der Waals surface area (Å²) in [5.41, 5.74) is 1.63. The summed E-state index contributed by atoms with van der Waals surface area (Å²) < 4.78 is 5.64. The second-order valence-electron chi connectivity index (χ2n) is 5.03. The number of aliphatic carboxylic acids is 1. The third kappa shape index (κ3) is 3.09.